The molecule has 5 aromatic rings. The smallest absolute Gasteiger partial charge is 0.255 e. The van der Waals surface area contributed by atoms with Crippen LogP contribution in [0.15, 0.2) is 107 Å². The van der Waals surface area contributed by atoms with Gasteiger partial charge in [0.05, 0.1) is 17.9 Å². The van der Waals surface area contributed by atoms with E-state index in [1.54, 1.807) is 41.1 Å². The zero-order chi connectivity index (χ0) is 32.9. The van der Waals surface area contributed by atoms with Crippen LogP contribution in [0.3, 0.4) is 0 Å². The van der Waals surface area contributed by atoms with Gasteiger partial charge in [0.2, 0.25) is 11.1 Å². The van der Waals surface area contributed by atoms with E-state index >= 15 is 0 Å². The third-order valence-electron chi connectivity index (χ3n) is 7.43. The van der Waals surface area contributed by atoms with E-state index in [0.29, 0.717) is 67.5 Å². The van der Waals surface area contributed by atoms with Crippen molar-refractivity contribution >= 4 is 52.5 Å². The van der Waals surface area contributed by atoms with Gasteiger partial charge in [-0.3, -0.25) is 4.79 Å². The fourth-order valence-corrected chi connectivity index (χ4v) is 6.42. The molecule has 6 rings (SSSR count). The molecule has 0 bridgehead atoms. The van der Waals surface area contributed by atoms with Crippen LogP contribution in [0.1, 0.15) is 36.6 Å². The summed E-state index contributed by atoms with van der Waals surface area (Å²) in [5.74, 6) is 1.38. The van der Waals surface area contributed by atoms with Crippen LogP contribution in [0.25, 0.3) is 0 Å². The Morgan fingerprint density at radius 2 is 1.77 bits per heavy atom. The van der Waals surface area contributed by atoms with Crippen molar-refractivity contribution in [2.24, 2.45) is 0 Å². The summed E-state index contributed by atoms with van der Waals surface area (Å²) in [5, 5.41) is 12.6. The van der Waals surface area contributed by atoms with E-state index in [9.17, 15) is 9.18 Å². The lowest BCUT2D eigenvalue weighted by atomic mass is 9.95. The Morgan fingerprint density at radius 3 is 2.53 bits per heavy atom. The second-order valence-electron chi connectivity index (χ2n) is 10.6. The van der Waals surface area contributed by atoms with E-state index in [1.807, 2.05) is 62.4 Å². The first-order chi connectivity index (χ1) is 22.8. The van der Waals surface area contributed by atoms with Gasteiger partial charge in [-0.15, -0.1) is 5.10 Å². The van der Waals surface area contributed by atoms with Crippen molar-refractivity contribution in [2.45, 2.75) is 37.4 Å². The summed E-state index contributed by atoms with van der Waals surface area (Å²) < 4.78 is 27.8. The summed E-state index contributed by atoms with van der Waals surface area (Å²) in [6.45, 7) is 4.42. The van der Waals surface area contributed by atoms with Crippen molar-refractivity contribution < 1.29 is 18.7 Å². The minimum atomic E-state index is -0.638. The number of anilines is 2. The summed E-state index contributed by atoms with van der Waals surface area (Å²) in [7, 11) is 0. The summed E-state index contributed by atoms with van der Waals surface area (Å²) in [4.78, 5) is 18.7. The van der Waals surface area contributed by atoms with Crippen LogP contribution >= 0.6 is 35.0 Å². The minimum absolute atomic E-state index is 0.254. The first kappa shape index (κ1) is 32.4. The molecule has 0 saturated heterocycles. The quantitative estimate of drug-likeness (QED) is 0.134. The molecule has 0 radical (unpaired) electrons. The Kier molecular flexibility index (Phi) is 10.0. The molecule has 0 spiro atoms. The maximum Gasteiger partial charge on any atom is 0.255 e. The van der Waals surface area contributed by atoms with Gasteiger partial charge in [0, 0.05) is 27.1 Å². The van der Waals surface area contributed by atoms with Crippen LogP contribution in [0.4, 0.5) is 16.0 Å². The van der Waals surface area contributed by atoms with Gasteiger partial charge in [-0.1, -0.05) is 83.5 Å². The van der Waals surface area contributed by atoms with Crippen molar-refractivity contribution in [3.8, 4) is 11.5 Å². The zero-order valence-electron chi connectivity index (χ0n) is 25.5. The molecule has 8 nitrogen and oxygen atoms in total. The molecule has 240 valence electrons. The second kappa shape index (κ2) is 14.5. The number of hydrogen-bond donors (Lipinski definition) is 2. The average Bonchev–Trinajstić information content (AvgIpc) is 3.47. The van der Waals surface area contributed by atoms with Crippen LogP contribution < -0.4 is 20.1 Å². The molecule has 1 aliphatic heterocycles. The van der Waals surface area contributed by atoms with Crippen molar-refractivity contribution in [1.82, 2.24) is 14.8 Å². The molecule has 4 aromatic carbocycles. The van der Waals surface area contributed by atoms with Gasteiger partial charge in [0.15, 0.2) is 0 Å². The van der Waals surface area contributed by atoms with E-state index in [0.717, 1.165) is 11.1 Å². The Labute approximate surface area is 285 Å². The molecule has 1 amide bonds. The highest BCUT2D eigenvalue weighted by Crippen LogP contribution is 2.38. The van der Waals surface area contributed by atoms with E-state index in [-0.39, 0.29) is 18.3 Å². The predicted molar refractivity (Wildman–Crippen MR) is 184 cm³/mol. The Bertz CT molecular complexity index is 1950. The third-order valence-corrected chi connectivity index (χ3v) is 8.91. The fraction of sp³-hybridized carbons (Fsp3) is 0.171. The molecule has 47 heavy (non-hydrogen) atoms. The highest BCUT2D eigenvalue weighted by Gasteiger charge is 2.35. The predicted octanol–water partition coefficient (Wildman–Crippen LogP) is 8.92. The molecule has 0 aliphatic carbocycles. The minimum Gasteiger partial charge on any atom is -0.492 e. The van der Waals surface area contributed by atoms with Crippen LogP contribution in [0.5, 0.6) is 11.5 Å². The van der Waals surface area contributed by atoms with E-state index < -0.39 is 6.04 Å². The number of para-hydroxylation sites is 2. The maximum atomic E-state index is 14.3. The number of hydrogen-bond acceptors (Lipinski definition) is 7. The van der Waals surface area contributed by atoms with Crippen LogP contribution in [0, 0.1) is 5.82 Å². The number of aromatic nitrogens is 3. The van der Waals surface area contributed by atoms with Gasteiger partial charge >= 0.3 is 0 Å². The number of halogens is 3. The standard InChI is InChI=1S/C35H30Cl2FN5O3S/c1-3-45-30-11-7-6-10-29(30)40-33(44)31-21(2)39-34-41-35(47-20-24-8-4-5-9-28(24)38)42-43(34)32(31)22-13-16-26(17-14-22)46-19-23-12-15-25(36)18-27(23)37/h4-18,32H,3,19-20H2,1-2H3,(H,40,44)(H,39,41,42). The highest BCUT2D eigenvalue weighted by atomic mass is 35.5. The number of ether oxygens (including phenoxy) is 2. The monoisotopic (exact) mass is 689 g/mol. The molecule has 0 saturated carbocycles. The Morgan fingerprint density at radius 1 is 1.00 bits per heavy atom. The van der Waals surface area contributed by atoms with Crippen molar-refractivity contribution in [3.63, 3.8) is 0 Å². The van der Waals surface area contributed by atoms with E-state index in [4.69, 9.17) is 37.8 Å². The molecule has 1 unspecified atom stereocenters. The topological polar surface area (TPSA) is 90.3 Å². The van der Waals surface area contributed by atoms with E-state index in [1.165, 1.54) is 17.8 Å². The largest absolute Gasteiger partial charge is 0.492 e. The molecule has 1 aromatic heterocycles. The van der Waals surface area contributed by atoms with Crippen molar-refractivity contribution in [3.05, 3.63) is 135 Å². The van der Waals surface area contributed by atoms with Gasteiger partial charge in [-0.05, 0) is 67.4 Å². The van der Waals surface area contributed by atoms with Gasteiger partial charge in [0.1, 0.15) is 30.0 Å². The first-order valence-corrected chi connectivity index (χ1v) is 16.5. The molecular formula is C35H30Cl2FN5O3S. The summed E-state index contributed by atoms with van der Waals surface area (Å²) >= 11 is 13.7. The Balaban J connectivity index is 1.30. The van der Waals surface area contributed by atoms with Gasteiger partial charge in [0.25, 0.3) is 5.91 Å². The number of thioether (sulfide) groups is 1. The number of amides is 1. The fourth-order valence-electron chi connectivity index (χ4n) is 5.14. The lowest BCUT2D eigenvalue weighted by Gasteiger charge is -2.29. The molecule has 2 heterocycles. The third kappa shape index (κ3) is 7.40. The number of rotatable bonds is 11. The molecule has 1 aliphatic rings. The second-order valence-corrected chi connectivity index (χ2v) is 12.4. The number of benzene rings is 4. The van der Waals surface area contributed by atoms with Crippen molar-refractivity contribution in [2.75, 3.05) is 17.2 Å². The number of fused-ring (bicyclic) bond motifs is 1. The van der Waals surface area contributed by atoms with Crippen LogP contribution in [0.2, 0.25) is 10.0 Å². The van der Waals surface area contributed by atoms with Crippen molar-refractivity contribution in [1.29, 1.82) is 0 Å². The lowest BCUT2D eigenvalue weighted by molar-refractivity contribution is -0.113. The number of carbonyl (C=O) groups excluding carboxylic acids is 1. The SMILES string of the molecule is CCOc1ccccc1NC(=O)C1=C(C)Nc2nc(SCc3ccccc3F)nn2C1c1ccc(OCc2ccc(Cl)cc2Cl)cc1. The van der Waals surface area contributed by atoms with Crippen LogP contribution in [-0.4, -0.2) is 27.3 Å². The number of allylic oxidation sites excluding steroid dienone is 1. The summed E-state index contributed by atoms with van der Waals surface area (Å²) in [6.07, 6.45) is 0. The van der Waals surface area contributed by atoms with Crippen LogP contribution in [-0.2, 0) is 17.2 Å². The van der Waals surface area contributed by atoms with Gasteiger partial charge in [-0.2, -0.15) is 4.98 Å². The number of nitrogens with zero attached hydrogens (tertiary/aromatic N) is 3. The molecule has 2 N–H and O–H groups in total. The highest BCUT2D eigenvalue weighted by molar-refractivity contribution is 7.98. The normalized spacial score (nSPS) is 13.9. The zero-order valence-corrected chi connectivity index (χ0v) is 27.8. The first-order valence-electron chi connectivity index (χ1n) is 14.8. The number of nitrogens with one attached hydrogen (secondary N) is 2. The average molecular weight is 691 g/mol. The van der Waals surface area contributed by atoms with Gasteiger partial charge < -0.3 is 20.1 Å². The molecule has 0 fully saturated rings. The molecule has 1 atom stereocenters. The van der Waals surface area contributed by atoms with Gasteiger partial charge in [-0.25, -0.2) is 9.07 Å². The number of carbonyl (C=O) groups is 1. The summed E-state index contributed by atoms with van der Waals surface area (Å²) in [6, 6.07) is 26.0. The lowest BCUT2D eigenvalue weighted by Crippen LogP contribution is -2.31. The molecule has 12 heteroatoms. The maximum absolute atomic E-state index is 14.3. The molecular weight excluding hydrogens is 660 g/mol. The Hall–Kier alpha value is -4.51. The summed E-state index contributed by atoms with van der Waals surface area (Å²) in [5.41, 5.74) is 3.74. The van der Waals surface area contributed by atoms with E-state index in [2.05, 4.69) is 15.6 Å².